The lowest BCUT2D eigenvalue weighted by molar-refractivity contribution is -0.138. The van der Waals surface area contributed by atoms with E-state index in [1.807, 2.05) is 0 Å². The van der Waals surface area contributed by atoms with Gasteiger partial charge in [-0.05, 0) is 39.3 Å². The number of piperidine rings is 1. The highest BCUT2D eigenvalue weighted by Crippen LogP contribution is 2.38. The van der Waals surface area contributed by atoms with Gasteiger partial charge in [0.25, 0.3) is 0 Å². The number of carboxylic acids is 1. The maximum absolute atomic E-state index is 11.1. The number of thiazole rings is 1. The molecule has 0 amide bonds. The number of aliphatic carboxylic acids is 1. The molecule has 2 unspecified atom stereocenters. The van der Waals surface area contributed by atoms with E-state index in [-0.39, 0.29) is 0 Å². The topological polar surface area (TPSA) is 65.5 Å². The number of hydrogen-bond donors (Lipinski definition) is 2. The molecule has 6 heteroatoms. The van der Waals surface area contributed by atoms with E-state index >= 15 is 0 Å². The van der Waals surface area contributed by atoms with E-state index in [0.29, 0.717) is 12.5 Å². The number of hydrogen-bond acceptors (Lipinski definition) is 5. The highest BCUT2D eigenvalue weighted by Gasteiger charge is 2.32. The lowest BCUT2D eigenvalue weighted by Crippen LogP contribution is -2.39. The van der Waals surface area contributed by atoms with Crippen LogP contribution >= 0.6 is 11.3 Å². The lowest BCUT2D eigenvalue weighted by atomic mass is 10.1. The first kappa shape index (κ1) is 12.9. The zero-order valence-corrected chi connectivity index (χ0v) is 11.9. The summed E-state index contributed by atoms with van der Waals surface area (Å²) in [7, 11) is 2.14. The fourth-order valence-corrected chi connectivity index (χ4v) is 4.10. The molecule has 0 saturated carbocycles. The third kappa shape index (κ3) is 2.60. The minimum absolute atomic E-state index is 0.393. The second-order valence-corrected chi connectivity index (χ2v) is 6.59. The average Bonchev–Trinajstić information content (AvgIpc) is 2.87. The summed E-state index contributed by atoms with van der Waals surface area (Å²) in [5.41, 5.74) is 0.796. The van der Waals surface area contributed by atoms with Gasteiger partial charge in [0.15, 0.2) is 5.13 Å². The monoisotopic (exact) mass is 281 g/mol. The Kier molecular flexibility index (Phi) is 3.45. The van der Waals surface area contributed by atoms with Crippen molar-refractivity contribution in [3.8, 4) is 0 Å². The van der Waals surface area contributed by atoms with Crippen LogP contribution in [-0.4, -0.2) is 47.1 Å². The van der Waals surface area contributed by atoms with Gasteiger partial charge in [0.2, 0.25) is 0 Å². The Morgan fingerprint density at radius 2 is 2.37 bits per heavy atom. The number of carbonyl (C=O) groups is 1. The van der Waals surface area contributed by atoms with Crippen molar-refractivity contribution in [3.05, 3.63) is 10.6 Å². The van der Waals surface area contributed by atoms with Gasteiger partial charge in [-0.25, -0.2) is 4.98 Å². The van der Waals surface area contributed by atoms with Gasteiger partial charge in [-0.15, -0.1) is 11.3 Å². The number of nitrogens with zero attached hydrogens (tertiary/aromatic N) is 2. The van der Waals surface area contributed by atoms with Gasteiger partial charge < -0.3 is 15.3 Å². The van der Waals surface area contributed by atoms with E-state index in [9.17, 15) is 4.79 Å². The Morgan fingerprint density at radius 1 is 1.53 bits per heavy atom. The molecule has 2 atom stereocenters. The third-order valence-corrected chi connectivity index (χ3v) is 5.03. The van der Waals surface area contributed by atoms with Crippen molar-refractivity contribution in [3.63, 3.8) is 0 Å². The van der Waals surface area contributed by atoms with E-state index in [4.69, 9.17) is 5.11 Å². The maximum Gasteiger partial charge on any atom is 0.312 e. The van der Waals surface area contributed by atoms with Crippen LogP contribution in [0, 0.1) is 0 Å². The quantitative estimate of drug-likeness (QED) is 0.884. The van der Waals surface area contributed by atoms with E-state index in [0.717, 1.165) is 41.6 Å². The van der Waals surface area contributed by atoms with Crippen LogP contribution in [0.15, 0.2) is 0 Å². The molecule has 0 spiro atoms. The Bertz CT molecular complexity index is 488. The van der Waals surface area contributed by atoms with Crippen molar-refractivity contribution in [2.45, 2.75) is 37.6 Å². The number of fused-ring (bicyclic) bond motifs is 1. The molecular weight excluding hydrogens is 262 g/mol. The highest BCUT2D eigenvalue weighted by molar-refractivity contribution is 7.15. The molecule has 0 bridgehead atoms. The van der Waals surface area contributed by atoms with Gasteiger partial charge in [-0.2, -0.15) is 0 Å². The molecule has 0 radical (unpaired) electrons. The van der Waals surface area contributed by atoms with Crippen LogP contribution in [0.4, 0.5) is 5.13 Å². The normalized spacial score (nSPS) is 27.2. The van der Waals surface area contributed by atoms with Crippen molar-refractivity contribution in [1.82, 2.24) is 9.88 Å². The number of likely N-dealkylation sites (N-methyl/N-ethyl adjacent to an activating group) is 1. The number of anilines is 1. The summed E-state index contributed by atoms with van der Waals surface area (Å²) < 4.78 is 0. The van der Waals surface area contributed by atoms with Gasteiger partial charge in [0, 0.05) is 17.5 Å². The number of rotatable bonds is 3. The van der Waals surface area contributed by atoms with Crippen molar-refractivity contribution in [2.75, 3.05) is 25.5 Å². The van der Waals surface area contributed by atoms with Crippen LogP contribution in [0.2, 0.25) is 0 Å². The van der Waals surface area contributed by atoms with Crippen LogP contribution in [-0.2, 0) is 11.2 Å². The SMILES string of the molecule is CN1CCCC(Nc2nc3c(s2)CCC3C(=O)O)C1. The second-order valence-electron chi connectivity index (χ2n) is 5.50. The number of aromatic nitrogens is 1. The second kappa shape index (κ2) is 5.09. The van der Waals surface area contributed by atoms with Crippen molar-refractivity contribution < 1.29 is 9.90 Å². The summed E-state index contributed by atoms with van der Waals surface area (Å²) in [6.45, 7) is 2.19. The van der Waals surface area contributed by atoms with Crippen LogP contribution in [0.3, 0.4) is 0 Å². The zero-order chi connectivity index (χ0) is 13.4. The van der Waals surface area contributed by atoms with Crippen LogP contribution in [0.25, 0.3) is 0 Å². The minimum Gasteiger partial charge on any atom is -0.481 e. The summed E-state index contributed by atoms with van der Waals surface area (Å²) in [5, 5.41) is 13.5. The summed E-state index contributed by atoms with van der Waals surface area (Å²) in [5.74, 6) is -1.14. The molecule has 1 aromatic heterocycles. The molecule has 5 nitrogen and oxygen atoms in total. The smallest absolute Gasteiger partial charge is 0.312 e. The molecule has 1 saturated heterocycles. The van der Waals surface area contributed by atoms with Crippen LogP contribution in [0.5, 0.6) is 0 Å². The number of carboxylic acid groups (broad SMARTS) is 1. The molecule has 2 aliphatic rings. The molecule has 104 valence electrons. The van der Waals surface area contributed by atoms with E-state index in [1.165, 1.54) is 6.42 Å². The average molecular weight is 281 g/mol. The lowest BCUT2D eigenvalue weighted by Gasteiger charge is -2.30. The summed E-state index contributed by atoms with van der Waals surface area (Å²) >= 11 is 1.63. The van der Waals surface area contributed by atoms with Gasteiger partial charge in [-0.3, -0.25) is 4.79 Å². The first-order valence-electron chi connectivity index (χ1n) is 6.81. The van der Waals surface area contributed by atoms with Gasteiger partial charge in [0.05, 0.1) is 5.69 Å². The third-order valence-electron chi connectivity index (χ3n) is 3.97. The zero-order valence-electron chi connectivity index (χ0n) is 11.1. The fourth-order valence-electron chi connectivity index (χ4n) is 2.99. The first-order chi connectivity index (χ1) is 9.13. The Balaban J connectivity index is 1.70. The summed E-state index contributed by atoms with van der Waals surface area (Å²) in [6, 6.07) is 0.438. The molecular formula is C13H19N3O2S. The summed E-state index contributed by atoms with van der Waals surface area (Å²) in [6.07, 6.45) is 3.93. The number of nitrogens with one attached hydrogen (secondary N) is 1. The Labute approximate surface area is 116 Å². The molecule has 2 N–H and O–H groups in total. The van der Waals surface area contributed by atoms with E-state index in [2.05, 4.69) is 22.2 Å². The fraction of sp³-hybridized carbons (Fsp3) is 0.692. The van der Waals surface area contributed by atoms with Gasteiger partial charge in [0.1, 0.15) is 5.92 Å². The number of aryl methyl sites for hydroxylation is 1. The van der Waals surface area contributed by atoms with Crippen LogP contribution < -0.4 is 5.32 Å². The van der Waals surface area contributed by atoms with Gasteiger partial charge >= 0.3 is 5.97 Å². The molecule has 1 aliphatic carbocycles. The van der Waals surface area contributed by atoms with E-state index < -0.39 is 11.9 Å². The van der Waals surface area contributed by atoms with Crippen molar-refractivity contribution >= 4 is 22.4 Å². The maximum atomic E-state index is 11.1. The van der Waals surface area contributed by atoms with E-state index in [1.54, 1.807) is 11.3 Å². The van der Waals surface area contributed by atoms with Crippen molar-refractivity contribution in [2.24, 2.45) is 0 Å². The molecule has 3 rings (SSSR count). The molecule has 2 heterocycles. The molecule has 0 aromatic carbocycles. The Morgan fingerprint density at radius 3 is 3.11 bits per heavy atom. The standard InChI is InChI=1S/C13H19N3O2S/c1-16-6-2-3-8(7-16)14-13-15-11-9(12(17)18)4-5-10(11)19-13/h8-9H,2-7H2,1H3,(H,14,15)(H,17,18). The minimum atomic E-state index is -0.743. The Hall–Kier alpha value is -1.14. The predicted molar refractivity (Wildman–Crippen MR) is 75.0 cm³/mol. The molecule has 1 aliphatic heterocycles. The molecule has 1 aromatic rings. The number of likely N-dealkylation sites (tertiary alicyclic amines) is 1. The highest BCUT2D eigenvalue weighted by atomic mass is 32.1. The van der Waals surface area contributed by atoms with Crippen molar-refractivity contribution in [1.29, 1.82) is 0 Å². The predicted octanol–water partition coefficient (Wildman–Crippen LogP) is 1.76. The molecule has 19 heavy (non-hydrogen) atoms. The largest absolute Gasteiger partial charge is 0.481 e. The van der Waals surface area contributed by atoms with Gasteiger partial charge in [-0.1, -0.05) is 0 Å². The van der Waals surface area contributed by atoms with Crippen LogP contribution in [0.1, 0.15) is 35.8 Å². The first-order valence-corrected chi connectivity index (χ1v) is 7.62. The molecule has 1 fully saturated rings. The summed E-state index contributed by atoms with van der Waals surface area (Å²) in [4.78, 5) is 19.1.